The van der Waals surface area contributed by atoms with Crippen molar-refractivity contribution in [3.63, 3.8) is 0 Å². The molecule has 1 N–H and O–H groups in total. The zero-order valence-electron chi connectivity index (χ0n) is 17.3. The summed E-state index contributed by atoms with van der Waals surface area (Å²) in [6.45, 7) is 6.67. The molecule has 29 heavy (non-hydrogen) atoms. The van der Waals surface area contributed by atoms with E-state index in [0.29, 0.717) is 32.4 Å². The van der Waals surface area contributed by atoms with Crippen LogP contribution in [-0.2, 0) is 16.1 Å². The molecule has 1 aromatic carbocycles. The lowest BCUT2D eigenvalue weighted by Gasteiger charge is -2.35. The van der Waals surface area contributed by atoms with E-state index in [1.54, 1.807) is 4.90 Å². The first kappa shape index (κ1) is 20.8. The average molecular weight is 396 g/mol. The lowest BCUT2D eigenvalue weighted by molar-refractivity contribution is -0.123. The molecule has 1 atom stereocenters. The second-order valence-corrected chi connectivity index (χ2v) is 8.54. The van der Waals surface area contributed by atoms with E-state index in [-0.39, 0.29) is 12.5 Å². The van der Waals surface area contributed by atoms with Gasteiger partial charge in [-0.15, -0.1) is 12.3 Å². The smallest absolute Gasteiger partial charge is 0.410 e. The summed E-state index contributed by atoms with van der Waals surface area (Å²) in [5.41, 5.74) is 0.901. The number of carbonyl (C=O) groups is 2. The molecule has 2 aliphatic heterocycles. The third-order valence-electron chi connectivity index (χ3n) is 5.04. The fourth-order valence-corrected chi connectivity index (χ4v) is 3.47. The summed E-state index contributed by atoms with van der Waals surface area (Å²) in [6, 6.07) is 7.73. The number of hydrogen-bond acceptors (Lipinski definition) is 5. The molecule has 0 fully saturated rings. The Labute approximate surface area is 171 Å². The van der Waals surface area contributed by atoms with Gasteiger partial charge in [-0.25, -0.2) is 4.79 Å². The number of fused-ring (bicyclic) bond motifs is 1. The van der Waals surface area contributed by atoms with E-state index in [1.165, 1.54) is 0 Å². The zero-order valence-corrected chi connectivity index (χ0v) is 17.3. The molecule has 7 nitrogen and oxygen atoms in total. The van der Waals surface area contributed by atoms with Crippen LogP contribution in [0.25, 0.3) is 0 Å². The number of nitrogens with zero attached hydrogens (tertiary/aromatic N) is 3. The summed E-state index contributed by atoms with van der Waals surface area (Å²) in [5.74, 6) is 2.05. The number of ether oxygens (including phenoxy) is 1. The van der Waals surface area contributed by atoms with Gasteiger partial charge in [-0.2, -0.15) is 10.2 Å². The van der Waals surface area contributed by atoms with E-state index in [4.69, 9.17) is 11.2 Å². The molecule has 154 valence electrons. The first-order chi connectivity index (χ1) is 13.7. The number of carbonyl (C=O) groups excluding carboxylic acids is 2. The summed E-state index contributed by atoms with van der Waals surface area (Å²) in [7, 11) is 0. The van der Waals surface area contributed by atoms with Crippen molar-refractivity contribution >= 4 is 12.0 Å². The monoisotopic (exact) mass is 396 g/mol. The number of benzene rings is 1. The standard InChI is InChI=1S/C22H28N4O3/c1-5-6-11-22(24-25-22)12-13-23-19(27)18-15-26(20(28)29-21(2,3)4)14-16-9-7-8-10-17(16)18/h1,7-10,18H,6,11-15H2,2-4H3,(H,23,27). The van der Waals surface area contributed by atoms with Crippen LogP contribution in [-0.4, -0.2) is 41.3 Å². The topological polar surface area (TPSA) is 83.4 Å². The molecular formula is C22H28N4O3. The van der Waals surface area contributed by atoms with Gasteiger partial charge in [-0.05, 0) is 31.9 Å². The molecule has 1 aromatic rings. The van der Waals surface area contributed by atoms with E-state index in [1.807, 2.05) is 45.0 Å². The summed E-state index contributed by atoms with van der Waals surface area (Å²) in [6.07, 6.45) is 6.85. The Hall–Kier alpha value is -2.88. The first-order valence-electron chi connectivity index (χ1n) is 9.94. The van der Waals surface area contributed by atoms with Crippen molar-refractivity contribution in [3.05, 3.63) is 35.4 Å². The van der Waals surface area contributed by atoms with E-state index < -0.39 is 23.3 Å². The van der Waals surface area contributed by atoms with E-state index >= 15 is 0 Å². The van der Waals surface area contributed by atoms with Crippen LogP contribution in [0.3, 0.4) is 0 Å². The van der Waals surface area contributed by atoms with Gasteiger partial charge >= 0.3 is 6.09 Å². The molecule has 0 saturated carbocycles. The predicted molar refractivity (Wildman–Crippen MR) is 109 cm³/mol. The Morgan fingerprint density at radius 1 is 1.31 bits per heavy atom. The second kappa shape index (κ2) is 8.24. The lowest BCUT2D eigenvalue weighted by atomic mass is 9.89. The Morgan fingerprint density at radius 2 is 2.03 bits per heavy atom. The van der Waals surface area contributed by atoms with Crippen molar-refractivity contribution in [1.82, 2.24) is 10.2 Å². The Morgan fingerprint density at radius 3 is 2.69 bits per heavy atom. The van der Waals surface area contributed by atoms with E-state index in [9.17, 15) is 9.59 Å². The Balaban J connectivity index is 1.64. The van der Waals surface area contributed by atoms with Crippen LogP contribution in [0.4, 0.5) is 4.79 Å². The van der Waals surface area contributed by atoms with Gasteiger partial charge < -0.3 is 15.0 Å². The minimum Gasteiger partial charge on any atom is -0.444 e. The average Bonchev–Trinajstić information content (AvgIpc) is 3.44. The Bertz CT molecular complexity index is 844. The number of rotatable bonds is 6. The molecule has 0 aromatic heterocycles. The maximum absolute atomic E-state index is 13.0. The fourth-order valence-electron chi connectivity index (χ4n) is 3.47. The summed E-state index contributed by atoms with van der Waals surface area (Å²) >= 11 is 0. The minimum atomic E-state index is -0.588. The number of terminal acetylenes is 1. The SMILES string of the molecule is C#CCCC1(CCNC(=O)C2CN(C(=O)OC(C)(C)C)Cc3ccccc32)N=N1. The van der Waals surface area contributed by atoms with Gasteiger partial charge in [0.1, 0.15) is 5.60 Å². The van der Waals surface area contributed by atoms with Crippen molar-refractivity contribution < 1.29 is 14.3 Å². The largest absolute Gasteiger partial charge is 0.444 e. The molecule has 0 spiro atoms. The highest BCUT2D eigenvalue weighted by Crippen LogP contribution is 2.36. The lowest BCUT2D eigenvalue weighted by Crippen LogP contribution is -2.45. The highest BCUT2D eigenvalue weighted by molar-refractivity contribution is 5.85. The van der Waals surface area contributed by atoms with Crippen molar-refractivity contribution in [2.24, 2.45) is 10.2 Å². The van der Waals surface area contributed by atoms with Gasteiger partial charge in [-0.3, -0.25) is 4.79 Å². The third kappa shape index (κ3) is 5.35. The van der Waals surface area contributed by atoms with Crippen molar-refractivity contribution in [3.8, 4) is 12.3 Å². The van der Waals surface area contributed by atoms with Crippen LogP contribution in [0.5, 0.6) is 0 Å². The number of nitrogens with one attached hydrogen (secondary N) is 1. The van der Waals surface area contributed by atoms with Gasteiger partial charge in [0, 0.05) is 38.9 Å². The van der Waals surface area contributed by atoms with E-state index in [0.717, 1.165) is 11.1 Å². The van der Waals surface area contributed by atoms with Gasteiger partial charge in [0.2, 0.25) is 5.91 Å². The minimum absolute atomic E-state index is 0.113. The molecule has 2 amide bonds. The molecule has 3 rings (SSSR count). The fraction of sp³-hybridized carbons (Fsp3) is 0.545. The molecule has 2 aliphatic rings. The number of hydrogen-bond donors (Lipinski definition) is 1. The van der Waals surface area contributed by atoms with Crippen molar-refractivity contribution in [2.75, 3.05) is 13.1 Å². The van der Waals surface area contributed by atoms with Crippen LogP contribution < -0.4 is 5.32 Å². The normalized spacial score (nSPS) is 19.1. The van der Waals surface area contributed by atoms with Crippen LogP contribution >= 0.6 is 0 Å². The van der Waals surface area contributed by atoms with E-state index in [2.05, 4.69) is 21.5 Å². The van der Waals surface area contributed by atoms with Gasteiger partial charge in [0.15, 0.2) is 5.66 Å². The molecule has 1 unspecified atom stereocenters. The molecule has 0 saturated heterocycles. The predicted octanol–water partition coefficient (Wildman–Crippen LogP) is 3.60. The van der Waals surface area contributed by atoms with Crippen molar-refractivity contribution in [1.29, 1.82) is 0 Å². The van der Waals surface area contributed by atoms with Gasteiger partial charge in [-0.1, -0.05) is 24.3 Å². The first-order valence-corrected chi connectivity index (χ1v) is 9.94. The van der Waals surface area contributed by atoms with Crippen LogP contribution in [0, 0.1) is 12.3 Å². The van der Waals surface area contributed by atoms with Crippen LogP contribution in [0.1, 0.15) is 57.1 Å². The van der Waals surface area contributed by atoms with Crippen LogP contribution in [0.2, 0.25) is 0 Å². The molecule has 0 radical (unpaired) electrons. The zero-order chi connectivity index (χ0) is 21.1. The van der Waals surface area contributed by atoms with Crippen molar-refractivity contribution in [2.45, 2.75) is 63.8 Å². The quantitative estimate of drug-likeness (QED) is 0.746. The molecule has 2 heterocycles. The second-order valence-electron chi connectivity index (χ2n) is 8.54. The summed E-state index contributed by atoms with van der Waals surface area (Å²) in [5, 5.41) is 11.2. The third-order valence-corrected chi connectivity index (χ3v) is 5.04. The van der Waals surface area contributed by atoms with Gasteiger partial charge in [0.05, 0.1) is 5.92 Å². The number of amides is 2. The molecule has 7 heteroatoms. The van der Waals surface area contributed by atoms with Crippen LogP contribution in [0.15, 0.2) is 34.5 Å². The maximum Gasteiger partial charge on any atom is 0.410 e. The highest BCUT2D eigenvalue weighted by Gasteiger charge is 2.39. The molecule has 0 aliphatic carbocycles. The summed E-state index contributed by atoms with van der Waals surface area (Å²) in [4.78, 5) is 27.1. The molecular weight excluding hydrogens is 368 g/mol. The van der Waals surface area contributed by atoms with Gasteiger partial charge in [0.25, 0.3) is 0 Å². The Kier molecular flexibility index (Phi) is 5.92. The maximum atomic E-state index is 13.0. The molecule has 0 bridgehead atoms. The summed E-state index contributed by atoms with van der Waals surface area (Å²) < 4.78 is 5.51. The highest BCUT2D eigenvalue weighted by atomic mass is 16.6.